The Bertz CT molecular complexity index is 220. The van der Waals surface area contributed by atoms with E-state index in [1.54, 1.807) is 0 Å². The van der Waals surface area contributed by atoms with Gasteiger partial charge in [-0.1, -0.05) is 19.4 Å². The van der Waals surface area contributed by atoms with Gasteiger partial charge in [0.1, 0.15) is 0 Å². The van der Waals surface area contributed by atoms with Crippen molar-refractivity contribution in [2.75, 3.05) is 0 Å². The number of hydrogen-bond acceptors (Lipinski definition) is 1. The van der Waals surface area contributed by atoms with Gasteiger partial charge in [0, 0.05) is 44.3 Å². The van der Waals surface area contributed by atoms with Crippen LogP contribution in [0, 0.1) is 5.92 Å². The minimum absolute atomic E-state index is 0. The molecule has 1 radical (unpaired) electrons. The molecular formula is C10H15NY. The molecule has 12 heavy (non-hydrogen) atoms. The molecule has 0 aromatic heterocycles. The van der Waals surface area contributed by atoms with Crippen molar-refractivity contribution in [3.63, 3.8) is 0 Å². The van der Waals surface area contributed by atoms with Crippen LogP contribution in [0.25, 0.3) is 0 Å². The number of hydrogen-bond donors (Lipinski definition) is 0. The van der Waals surface area contributed by atoms with Crippen LogP contribution < -0.4 is 0 Å². The molecule has 0 aromatic carbocycles. The summed E-state index contributed by atoms with van der Waals surface area (Å²) in [5, 5.41) is 0. The molecule has 1 heterocycles. The molecule has 2 rings (SSSR count). The molecule has 0 aromatic rings. The Hall–Kier alpha value is 0.514. The summed E-state index contributed by atoms with van der Waals surface area (Å²) in [6.07, 6.45) is 5.36. The van der Waals surface area contributed by atoms with Gasteiger partial charge in [-0.2, -0.15) is 0 Å². The molecule has 0 N–H and O–H groups in total. The van der Waals surface area contributed by atoms with Crippen LogP contribution >= 0.6 is 0 Å². The van der Waals surface area contributed by atoms with Crippen molar-refractivity contribution in [2.24, 2.45) is 10.9 Å². The number of fused-ring (bicyclic) bond motifs is 1. The summed E-state index contributed by atoms with van der Waals surface area (Å²) in [5.41, 5.74) is 2.52. The van der Waals surface area contributed by atoms with Gasteiger partial charge in [0.25, 0.3) is 0 Å². The van der Waals surface area contributed by atoms with Gasteiger partial charge in [-0.25, -0.2) is 0 Å². The van der Waals surface area contributed by atoms with Crippen LogP contribution in [0.4, 0.5) is 0 Å². The zero-order chi connectivity index (χ0) is 7.84. The predicted molar refractivity (Wildman–Crippen MR) is 48.0 cm³/mol. The maximum Gasteiger partial charge on any atom is 0.0571 e. The zero-order valence-corrected chi connectivity index (χ0v) is 10.6. The first-order valence-electron chi connectivity index (χ1n) is 4.52. The van der Waals surface area contributed by atoms with Crippen LogP contribution in [-0.4, -0.2) is 11.8 Å². The Morgan fingerprint density at radius 3 is 2.67 bits per heavy atom. The van der Waals surface area contributed by atoms with Crippen molar-refractivity contribution >= 4 is 5.71 Å². The van der Waals surface area contributed by atoms with E-state index in [0.29, 0.717) is 12.0 Å². The zero-order valence-electron chi connectivity index (χ0n) is 7.71. The van der Waals surface area contributed by atoms with Crippen molar-refractivity contribution < 1.29 is 32.7 Å². The van der Waals surface area contributed by atoms with Gasteiger partial charge in [-0.3, -0.25) is 4.99 Å². The molecule has 2 aliphatic rings. The Balaban J connectivity index is 0.000000720. The summed E-state index contributed by atoms with van der Waals surface area (Å²) in [7, 11) is 0. The van der Waals surface area contributed by atoms with Gasteiger partial charge in [0.05, 0.1) is 6.04 Å². The Kier molecular flexibility index (Phi) is 3.66. The summed E-state index contributed by atoms with van der Waals surface area (Å²) in [4.78, 5) is 4.61. The molecule has 63 valence electrons. The standard InChI is InChI=1S/C10H15N.Y/c1-7-8(2)11-10-6-4-3-5-9(7)10;/h9-10H,1,3-6H2,2H3;. The topological polar surface area (TPSA) is 12.4 Å². The van der Waals surface area contributed by atoms with E-state index in [-0.39, 0.29) is 32.7 Å². The average molecular weight is 238 g/mol. The van der Waals surface area contributed by atoms with E-state index >= 15 is 0 Å². The van der Waals surface area contributed by atoms with Gasteiger partial charge >= 0.3 is 0 Å². The number of nitrogens with zero attached hydrogens (tertiary/aromatic N) is 1. The number of aliphatic imine (C=N–C) groups is 1. The van der Waals surface area contributed by atoms with Gasteiger partial charge in [0.15, 0.2) is 0 Å². The Morgan fingerprint density at radius 1 is 1.33 bits per heavy atom. The third-order valence-electron chi connectivity index (χ3n) is 3.00. The molecule has 1 fully saturated rings. The summed E-state index contributed by atoms with van der Waals surface area (Å²) in [5.74, 6) is 0.712. The second-order valence-electron chi connectivity index (χ2n) is 3.70. The molecule has 0 spiro atoms. The summed E-state index contributed by atoms with van der Waals surface area (Å²) in [6.45, 7) is 6.19. The molecule has 2 unspecified atom stereocenters. The fourth-order valence-electron chi connectivity index (χ4n) is 2.27. The second-order valence-corrected chi connectivity index (χ2v) is 3.70. The fourth-order valence-corrected chi connectivity index (χ4v) is 2.27. The number of rotatable bonds is 0. The van der Waals surface area contributed by atoms with Crippen LogP contribution in [0.2, 0.25) is 0 Å². The minimum atomic E-state index is 0. The van der Waals surface area contributed by atoms with Gasteiger partial charge in [0.2, 0.25) is 0 Å². The van der Waals surface area contributed by atoms with E-state index in [2.05, 4.69) is 18.5 Å². The summed E-state index contributed by atoms with van der Waals surface area (Å²) >= 11 is 0. The van der Waals surface area contributed by atoms with Crippen molar-refractivity contribution in [1.29, 1.82) is 0 Å². The molecule has 0 amide bonds. The molecule has 2 atom stereocenters. The normalized spacial score (nSPS) is 33.8. The maximum atomic E-state index is 4.61. The molecule has 1 saturated carbocycles. The third kappa shape index (κ3) is 1.72. The van der Waals surface area contributed by atoms with Gasteiger partial charge in [-0.05, 0) is 25.3 Å². The largest absolute Gasteiger partial charge is 0.286 e. The van der Waals surface area contributed by atoms with E-state index in [0.717, 1.165) is 0 Å². The molecular weight excluding hydrogens is 223 g/mol. The quantitative estimate of drug-likeness (QED) is 0.615. The van der Waals surface area contributed by atoms with E-state index < -0.39 is 0 Å². The van der Waals surface area contributed by atoms with Crippen LogP contribution in [0.1, 0.15) is 32.6 Å². The smallest absolute Gasteiger partial charge is 0.0571 e. The molecule has 0 saturated heterocycles. The molecule has 1 nitrogen and oxygen atoms in total. The molecule has 1 aliphatic carbocycles. The van der Waals surface area contributed by atoms with E-state index in [1.807, 2.05) is 0 Å². The Labute approximate surface area is 99.6 Å². The van der Waals surface area contributed by atoms with Gasteiger partial charge < -0.3 is 0 Å². The first kappa shape index (κ1) is 10.6. The van der Waals surface area contributed by atoms with Crippen molar-refractivity contribution in [1.82, 2.24) is 0 Å². The van der Waals surface area contributed by atoms with E-state index in [9.17, 15) is 0 Å². The van der Waals surface area contributed by atoms with Gasteiger partial charge in [-0.15, -0.1) is 0 Å². The average Bonchev–Trinajstić information content (AvgIpc) is 2.30. The van der Waals surface area contributed by atoms with Crippen LogP contribution in [0.3, 0.4) is 0 Å². The van der Waals surface area contributed by atoms with Crippen LogP contribution in [0.5, 0.6) is 0 Å². The minimum Gasteiger partial charge on any atom is -0.286 e. The maximum absolute atomic E-state index is 4.61. The van der Waals surface area contributed by atoms with Crippen LogP contribution in [0.15, 0.2) is 17.1 Å². The van der Waals surface area contributed by atoms with Crippen LogP contribution in [-0.2, 0) is 32.7 Å². The molecule has 1 aliphatic heterocycles. The fraction of sp³-hybridized carbons (Fsp3) is 0.700. The SMILES string of the molecule is C=C1C(C)=NC2CCCCC12.[Y]. The second kappa shape index (κ2) is 4.15. The molecule has 2 heteroatoms. The van der Waals surface area contributed by atoms with Crippen molar-refractivity contribution in [2.45, 2.75) is 38.6 Å². The van der Waals surface area contributed by atoms with E-state index in [1.165, 1.54) is 37.0 Å². The summed E-state index contributed by atoms with van der Waals surface area (Å²) < 4.78 is 0. The first-order chi connectivity index (χ1) is 5.29. The van der Waals surface area contributed by atoms with E-state index in [4.69, 9.17) is 0 Å². The monoisotopic (exact) mass is 238 g/mol. The molecule has 0 bridgehead atoms. The third-order valence-corrected chi connectivity index (χ3v) is 3.00. The van der Waals surface area contributed by atoms with Crippen molar-refractivity contribution in [3.05, 3.63) is 12.2 Å². The van der Waals surface area contributed by atoms with Crippen molar-refractivity contribution in [3.8, 4) is 0 Å². The Morgan fingerprint density at radius 2 is 2.00 bits per heavy atom. The first-order valence-corrected chi connectivity index (χ1v) is 4.52. The summed E-state index contributed by atoms with van der Waals surface area (Å²) in [6, 6.07) is 0.608. The predicted octanol–water partition coefficient (Wildman–Crippen LogP) is 2.57.